The molecule has 1 N–H and O–H groups in total. The second-order valence-electron chi connectivity index (χ2n) is 4.35. The van der Waals surface area contributed by atoms with Crippen LogP contribution in [0.4, 0.5) is 19.1 Å². The average molecular weight is 297 g/mol. The Bertz CT molecular complexity index is 585. The van der Waals surface area contributed by atoms with Gasteiger partial charge in [0.15, 0.2) is 0 Å². The molecule has 1 aromatic carbocycles. The standard InChI is InChI=1S/C14H14F3N3O/c1-10-2-4-11(5-3-10)21-9-8-19-13-18-7-6-12(20-13)14(15,16)17/h2-7H,8-9H2,1H3,(H,18,19,20). The van der Waals surface area contributed by atoms with Gasteiger partial charge in [-0.1, -0.05) is 17.7 Å². The number of nitrogens with zero attached hydrogens (tertiary/aromatic N) is 2. The summed E-state index contributed by atoms with van der Waals surface area (Å²) in [5, 5.41) is 2.69. The van der Waals surface area contributed by atoms with Gasteiger partial charge >= 0.3 is 6.18 Å². The Morgan fingerprint density at radius 1 is 1.14 bits per heavy atom. The van der Waals surface area contributed by atoms with E-state index in [1.165, 1.54) is 0 Å². The molecule has 0 amide bonds. The normalized spacial score (nSPS) is 11.2. The third-order valence-corrected chi connectivity index (χ3v) is 2.62. The quantitative estimate of drug-likeness (QED) is 0.860. The van der Waals surface area contributed by atoms with Crippen molar-refractivity contribution < 1.29 is 17.9 Å². The number of ether oxygens (including phenoxy) is 1. The van der Waals surface area contributed by atoms with Gasteiger partial charge in [0.1, 0.15) is 18.1 Å². The van der Waals surface area contributed by atoms with Gasteiger partial charge in [-0.15, -0.1) is 0 Å². The van der Waals surface area contributed by atoms with Gasteiger partial charge in [0.05, 0.1) is 6.54 Å². The van der Waals surface area contributed by atoms with E-state index in [4.69, 9.17) is 4.74 Å². The first-order valence-corrected chi connectivity index (χ1v) is 6.29. The first-order chi connectivity index (χ1) is 9.95. The summed E-state index contributed by atoms with van der Waals surface area (Å²) in [6, 6.07) is 8.32. The van der Waals surface area contributed by atoms with Crippen LogP contribution in [0.5, 0.6) is 5.75 Å². The molecule has 0 saturated carbocycles. The molecule has 0 bridgehead atoms. The summed E-state index contributed by atoms with van der Waals surface area (Å²) in [7, 11) is 0. The molecule has 0 atom stereocenters. The summed E-state index contributed by atoms with van der Waals surface area (Å²) < 4.78 is 42.8. The van der Waals surface area contributed by atoms with Crippen LogP contribution in [0, 0.1) is 6.92 Å². The van der Waals surface area contributed by atoms with E-state index in [9.17, 15) is 13.2 Å². The van der Waals surface area contributed by atoms with E-state index in [2.05, 4.69) is 15.3 Å². The highest BCUT2D eigenvalue weighted by atomic mass is 19.4. The lowest BCUT2D eigenvalue weighted by Gasteiger charge is -2.09. The lowest BCUT2D eigenvalue weighted by Crippen LogP contribution is -2.15. The molecule has 112 valence electrons. The Morgan fingerprint density at radius 3 is 2.52 bits per heavy atom. The Balaban J connectivity index is 1.82. The fraction of sp³-hybridized carbons (Fsp3) is 0.286. The molecule has 0 radical (unpaired) electrons. The van der Waals surface area contributed by atoms with Gasteiger partial charge in [-0.2, -0.15) is 13.2 Å². The molecule has 0 fully saturated rings. The molecule has 0 saturated heterocycles. The van der Waals surface area contributed by atoms with Crippen LogP contribution in [-0.2, 0) is 6.18 Å². The van der Waals surface area contributed by atoms with Crippen molar-refractivity contribution in [3.63, 3.8) is 0 Å². The van der Waals surface area contributed by atoms with Gasteiger partial charge in [-0.05, 0) is 25.1 Å². The molecule has 21 heavy (non-hydrogen) atoms. The highest BCUT2D eigenvalue weighted by Gasteiger charge is 2.32. The SMILES string of the molecule is Cc1ccc(OCCNc2nccc(C(F)(F)F)n2)cc1. The minimum absolute atomic E-state index is 0.0719. The third kappa shape index (κ3) is 4.62. The number of aromatic nitrogens is 2. The van der Waals surface area contributed by atoms with E-state index in [1.54, 1.807) is 0 Å². The number of rotatable bonds is 5. The Hall–Kier alpha value is -2.31. The first-order valence-electron chi connectivity index (χ1n) is 6.29. The van der Waals surface area contributed by atoms with Crippen LogP contribution in [0.25, 0.3) is 0 Å². The number of anilines is 1. The molecule has 0 unspecified atom stereocenters. The molecule has 0 aliphatic carbocycles. The number of hydrogen-bond donors (Lipinski definition) is 1. The number of benzene rings is 1. The second-order valence-corrected chi connectivity index (χ2v) is 4.35. The van der Waals surface area contributed by atoms with Crippen LogP contribution in [0.2, 0.25) is 0 Å². The lowest BCUT2D eigenvalue weighted by molar-refractivity contribution is -0.141. The predicted molar refractivity (Wildman–Crippen MR) is 72.2 cm³/mol. The van der Waals surface area contributed by atoms with E-state index in [0.717, 1.165) is 17.8 Å². The maximum Gasteiger partial charge on any atom is 0.433 e. The zero-order valence-electron chi connectivity index (χ0n) is 11.3. The van der Waals surface area contributed by atoms with Gasteiger partial charge in [0, 0.05) is 6.20 Å². The number of alkyl halides is 3. The summed E-state index contributed by atoms with van der Waals surface area (Å²) in [6.07, 6.45) is -3.41. The first kappa shape index (κ1) is 15.1. The van der Waals surface area contributed by atoms with E-state index in [1.807, 2.05) is 31.2 Å². The zero-order chi connectivity index (χ0) is 15.3. The van der Waals surface area contributed by atoms with Crippen LogP contribution in [0.1, 0.15) is 11.3 Å². The summed E-state index contributed by atoms with van der Waals surface area (Å²) in [5.41, 5.74) is 0.150. The Labute approximate surface area is 120 Å². The minimum atomic E-state index is -4.47. The zero-order valence-corrected chi connectivity index (χ0v) is 11.3. The van der Waals surface area contributed by atoms with Crippen molar-refractivity contribution in [3.05, 3.63) is 47.8 Å². The molecule has 2 rings (SSSR count). The van der Waals surface area contributed by atoms with Gasteiger partial charge in [-0.3, -0.25) is 0 Å². The molecule has 0 aliphatic heterocycles. The van der Waals surface area contributed by atoms with Crippen molar-refractivity contribution in [1.29, 1.82) is 0 Å². The third-order valence-electron chi connectivity index (χ3n) is 2.62. The van der Waals surface area contributed by atoms with Gasteiger partial charge in [0.25, 0.3) is 0 Å². The van der Waals surface area contributed by atoms with Crippen molar-refractivity contribution in [1.82, 2.24) is 9.97 Å². The molecule has 0 aliphatic rings. The highest BCUT2D eigenvalue weighted by Crippen LogP contribution is 2.27. The van der Waals surface area contributed by atoms with E-state index >= 15 is 0 Å². The topological polar surface area (TPSA) is 47.0 Å². The number of hydrogen-bond acceptors (Lipinski definition) is 4. The van der Waals surface area contributed by atoms with Crippen molar-refractivity contribution in [3.8, 4) is 5.75 Å². The molecule has 2 aromatic rings. The smallest absolute Gasteiger partial charge is 0.433 e. The van der Waals surface area contributed by atoms with Crippen LogP contribution >= 0.6 is 0 Å². The number of nitrogens with one attached hydrogen (secondary N) is 1. The highest BCUT2D eigenvalue weighted by molar-refractivity contribution is 5.27. The monoisotopic (exact) mass is 297 g/mol. The maximum absolute atomic E-state index is 12.5. The number of aryl methyl sites for hydroxylation is 1. The summed E-state index contributed by atoms with van der Waals surface area (Å²) >= 11 is 0. The van der Waals surface area contributed by atoms with E-state index in [-0.39, 0.29) is 5.95 Å². The largest absolute Gasteiger partial charge is 0.492 e. The lowest BCUT2D eigenvalue weighted by atomic mass is 10.2. The van der Waals surface area contributed by atoms with Crippen molar-refractivity contribution in [2.45, 2.75) is 13.1 Å². The fourth-order valence-electron chi connectivity index (χ4n) is 1.57. The van der Waals surface area contributed by atoms with Crippen molar-refractivity contribution >= 4 is 5.95 Å². The van der Waals surface area contributed by atoms with Crippen LogP contribution in [0.15, 0.2) is 36.5 Å². The van der Waals surface area contributed by atoms with Gasteiger partial charge in [-0.25, -0.2) is 9.97 Å². The second kappa shape index (κ2) is 6.43. The average Bonchev–Trinajstić information content (AvgIpc) is 2.45. The Morgan fingerprint density at radius 2 is 1.86 bits per heavy atom. The van der Waals surface area contributed by atoms with Crippen LogP contribution < -0.4 is 10.1 Å². The van der Waals surface area contributed by atoms with E-state index < -0.39 is 11.9 Å². The van der Waals surface area contributed by atoms with Crippen molar-refractivity contribution in [2.75, 3.05) is 18.5 Å². The van der Waals surface area contributed by atoms with Crippen LogP contribution in [-0.4, -0.2) is 23.1 Å². The minimum Gasteiger partial charge on any atom is -0.492 e. The van der Waals surface area contributed by atoms with E-state index in [0.29, 0.717) is 18.9 Å². The van der Waals surface area contributed by atoms with Crippen molar-refractivity contribution in [2.24, 2.45) is 0 Å². The summed E-state index contributed by atoms with van der Waals surface area (Å²) in [5.74, 6) is 0.629. The fourth-order valence-corrected chi connectivity index (χ4v) is 1.57. The summed E-state index contributed by atoms with van der Waals surface area (Å²) in [6.45, 7) is 2.56. The number of halogens is 3. The molecule has 1 aromatic heterocycles. The van der Waals surface area contributed by atoms with Gasteiger partial charge < -0.3 is 10.1 Å². The summed E-state index contributed by atoms with van der Waals surface area (Å²) in [4.78, 5) is 7.13. The molecule has 7 heteroatoms. The predicted octanol–water partition coefficient (Wildman–Crippen LogP) is 3.29. The Kier molecular flexibility index (Phi) is 4.62. The van der Waals surface area contributed by atoms with Crippen LogP contribution in [0.3, 0.4) is 0 Å². The molecule has 0 spiro atoms. The molecular weight excluding hydrogens is 283 g/mol. The maximum atomic E-state index is 12.5. The van der Waals surface area contributed by atoms with Gasteiger partial charge in [0.2, 0.25) is 5.95 Å². The molecule has 4 nitrogen and oxygen atoms in total. The molecular formula is C14H14F3N3O. The molecule has 1 heterocycles.